The predicted molar refractivity (Wildman–Crippen MR) is 89.7 cm³/mol. The summed E-state index contributed by atoms with van der Waals surface area (Å²) in [5.41, 5.74) is 1.22. The Morgan fingerprint density at radius 2 is 1.85 bits per heavy atom. The minimum absolute atomic E-state index is 0.125. The van der Waals surface area contributed by atoms with E-state index in [1.165, 1.54) is 50.5 Å². The molecule has 1 nitrogen and oxygen atoms in total. The third kappa shape index (κ3) is 4.39. The molecule has 1 atom stereocenters. The summed E-state index contributed by atoms with van der Waals surface area (Å²) in [6, 6.07) is 6.27. The average Bonchev–Trinajstić information content (AvgIpc) is 2.40. The lowest BCUT2D eigenvalue weighted by Gasteiger charge is -2.25. The zero-order valence-corrected chi connectivity index (χ0v) is 14.5. The van der Waals surface area contributed by atoms with Gasteiger partial charge in [-0.05, 0) is 59.3 Å². The standard InChI is InChI=1S/C17H24BrClO/c1-2-20-16-11-10-14(12-15(16)18)17(19)13-8-6-4-3-5-7-9-13/h10-13,17H,2-9H2,1H3. The molecular formula is C17H24BrClO. The van der Waals surface area contributed by atoms with Crippen LogP contribution in [0, 0.1) is 5.92 Å². The van der Waals surface area contributed by atoms with Gasteiger partial charge >= 0.3 is 0 Å². The molecule has 0 aliphatic heterocycles. The quantitative estimate of drug-likeness (QED) is 0.558. The molecule has 0 N–H and O–H groups in total. The van der Waals surface area contributed by atoms with E-state index in [4.69, 9.17) is 16.3 Å². The zero-order chi connectivity index (χ0) is 14.4. The van der Waals surface area contributed by atoms with Crippen LogP contribution >= 0.6 is 27.5 Å². The molecule has 1 unspecified atom stereocenters. The number of hydrogen-bond acceptors (Lipinski definition) is 1. The molecule has 1 aromatic carbocycles. The molecule has 0 saturated heterocycles. The van der Waals surface area contributed by atoms with Crippen molar-refractivity contribution in [2.45, 2.75) is 57.2 Å². The molecule has 1 aliphatic rings. The molecule has 0 bridgehead atoms. The van der Waals surface area contributed by atoms with Crippen LogP contribution < -0.4 is 4.74 Å². The van der Waals surface area contributed by atoms with Crippen LogP contribution in [-0.2, 0) is 0 Å². The SMILES string of the molecule is CCOc1ccc(C(Cl)C2CCCCCCC2)cc1Br. The molecule has 1 aliphatic carbocycles. The Labute approximate surface area is 136 Å². The Bertz CT molecular complexity index is 413. The molecule has 0 amide bonds. The summed E-state index contributed by atoms with van der Waals surface area (Å²) in [7, 11) is 0. The first kappa shape index (κ1) is 16.2. The highest BCUT2D eigenvalue weighted by atomic mass is 79.9. The summed E-state index contributed by atoms with van der Waals surface area (Å²) in [6.45, 7) is 2.68. The van der Waals surface area contributed by atoms with Crippen LogP contribution in [-0.4, -0.2) is 6.61 Å². The third-order valence-electron chi connectivity index (χ3n) is 4.14. The smallest absolute Gasteiger partial charge is 0.133 e. The topological polar surface area (TPSA) is 9.23 Å². The van der Waals surface area contributed by atoms with Crippen molar-refractivity contribution in [2.75, 3.05) is 6.61 Å². The fourth-order valence-corrected chi connectivity index (χ4v) is 3.91. The van der Waals surface area contributed by atoms with Crippen molar-refractivity contribution in [3.63, 3.8) is 0 Å². The van der Waals surface area contributed by atoms with Crippen molar-refractivity contribution in [3.05, 3.63) is 28.2 Å². The van der Waals surface area contributed by atoms with Gasteiger partial charge in [-0.15, -0.1) is 11.6 Å². The maximum Gasteiger partial charge on any atom is 0.133 e. The van der Waals surface area contributed by atoms with Crippen LogP contribution in [0.25, 0.3) is 0 Å². The van der Waals surface area contributed by atoms with Gasteiger partial charge in [0, 0.05) is 0 Å². The molecule has 1 aromatic rings. The van der Waals surface area contributed by atoms with Gasteiger partial charge in [-0.2, -0.15) is 0 Å². The highest BCUT2D eigenvalue weighted by Crippen LogP contribution is 2.39. The van der Waals surface area contributed by atoms with Crippen LogP contribution in [0.15, 0.2) is 22.7 Å². The van der Waals surface area contributed by atoms with E-state index < -0.39 is 0 Å². The first-order valence-corrected chi connectivity index (χ1v) is 9.01. The minimum atomic E-state index is 0.125. The van der Waals surface area contributed by atoms with Crippen LogP contribution in [0.1, 0.15) is 62.8 Å². The Kier molecular flexibility index (Phi) is 6.70. The summed E-state index contributed by atoms with van der Waals surface area (Å²) in [6.07, 6.45) is 9.31. The van der Waals surface area contributed by atoms with Gasteiger partial charge in [-0.3, -0.25) is 0 Å². The fraction of sp³-hybridized carbons (Fsp3) is 0.647. The lowest BCUT2D eigenvalue weighted by Crippen LogP contribution is -2.10. The number of ether oxygens (including phenoxy) is 1. The largest absolute Gasteiger partial charge is 0.493 e. The van der Waals surface area contributed by atoms with Gasteiger partial charge in [0.1, 0.15) is 5.75 Å². The first-order chi connectivity index (χ1) is 9.72. The molecule has 3 heteroatoms. The van der Waals surface area contributed by atoms with E-state index in [0.717, 1.165) is 10.2 Å². The van der Waals surface area contributed by atoms with Crippen molar-refractivity contribution < 1.29 is 4.74 Å². The molecule has 1 fully saturated rings. The van der Waals surface area contributed by atoms with E-state index in [9.17, 15) is 0 Å². The maximum absolute atomic E-state index is 6.75. The first-order valence-electron chi connectivity index (χ1n) is 7.78. The molecule has 20 heavy (non-hydrogen) atoms. The molecule has 0 heterocycles. The molecule has 2 rings (SSSR count). The molecule has 0 radical (unpaired) electrons. The Hall–Kier alpha value is -0.210. The highest BCUT2D eigenvalue weighted by molar-refractivity contribution is 9.10. The second-order valence-electron chi connectivity index (χ2n) is 5.63. The van der Waals surface area contributed by atoms with E-state index in [1.807, 2.05) is 13.0 Å². The number of hydrogen-bond donors (Lipinski definition) is 0. The van der Waals surface area contributed by atoms with Gasteiger partial charge in [0.05, 0.1) is 16.5 Å². The molecule has 112 valence electrons. The summed E-state index contributed by atoms with van der Waals surface area (Å²) in [5, 5.41) is 0.125. The minimum Gasteiger partial charge on any atom is -0.493 e. The Morgan fingerprint density at radius 3 is 2.45 bits per heavy atom. The zero-order valence-electron chi connectivity index (χ0n) is 12.2. The van der Waals surface area contributed by atoms with E-state index in [2.05, 4.69) is 28.1 Å². The van der Waals surface area contributed by atoms with Crippen LogP contribution in [0.4, 0.5) is 0 Å². The van der Waals surface area contributed by atoms with Crippen LogP contribution in [0.3, 0.4) is 0 Å². The van der Waals surface area contributed by atoms with Gasteiger partial charge < -0.3 is 4.74 Å². The van der Waals surface area contributed by atoms with Gasteiger partial charge in [0.2, 0.25) is 0 Å². The number of halogens is 2. The van der Waals surface area contributed by atoms with Gasteiger partial charge in [0.25, 0.3) is 0 Å². The highest BCUT2D eigenvalue weighted by Gasteiger charge is 2.22. The third-order valence-corrected chi connectivity index (χ3v) is 5.37. The second kappa shape index (κ2) is 8.29. The average molecular weight is 360 g/mol. The molecule has 1 saturated carbocycles. The Morgan fingerprint density at radius 1 is 1.20 bits per heavy atom. The Balaban J connectivity index is 2.06. The molecular weight excluding hydrogens is 336 g/mol. The van der Waals surface area contributed by atoms with E-state index in [-0.39, 0.29) is 5.38 Å². The second-order valence-corrected chi connectivity index (χ2v) is 6.95. The van der Waals surface area contributed by atoms with E-state index in [1.54, 1.807) is 0 Å². The van der Waals surface area contributed by atoms with E-state index >= 15 is 0 Å². The van der Waals surface area contributed by atoms with E-state index in [0.29, 0.717) is 12.5 Å². The van der Waals surface area contributed by atoms with Crippen LogP contribution in [0.5, 0.6) is 5.75 Å². The number of alkyl halides is 1. The summed E-state index contributed by atoms with van der Waals surface area (Å²) in [5.74, 6) is 1.51. The van der Waals surface area contributed by atoms with Crippen molar-refractivity contribution in [1.82, 2.24) is 0 Å². The summed E-state index contributed by atoms with van der Waals surface area (Å²) >= 11 is 10.3. The molecule has 0 spiro atoms. The predicted octanol–water partition coefficient (Wildman–Crippen LogP) is 6.49. The van der Waals surface area contributed by atoms with Crippen molar-refractivity contribution in [1.29, 1.82) is 0 Å². The monoisotopic (exact) mass is 358 g/mol. The normalized spacial score (nSPS) is 19.1. The van der Waals surface area contributed by atoms with Gasteiger partial charge in [0.15, 0.2) is 0 Å². The number of benzene rings is 1. The van der Waals surface area contributed by atoms with Crippen molar-refractivity contribution in [3.8, 4) is 5.75 Å². The number of rotatable bonds is 4. The molecule has 0 aromatic heterocycles. The van der Waals surface area contributed by atoms with Crippen molar-refractivity contribution in [2.24, 2.45) is 5.92 Å². The van der Waals surface area contributed by atoms with Gasteiger partial charge in [-0.25, -0.2) is 0 Å². The van der Waals surface area contributed by atoms with Crippen LogP contribution in [0.2, 0.25) is 0 Å². The lowest BCUT2D eigenvalue weighted by atomic mass is 9.86. The maximum atomic E-state index is 6.75. The summed E-state index contributed by atoms with van der Waals surface area (Å²) in [4.78, 5) is 0. The van der Waals surface area contributed by atoms with Gasteiger partial charge in [-0.1, -0.05) is 38.2 Å². The lowest BCUT2D eigenvalue weighted by molar-refractivity contribution is 0.337. The fourth-order valence-electron chi connectivity index (χ4n) is 3.01. The van der Waals surface area contributed by atoms with Crippen molar-refractivity contribution >= 4 is 27.5 Å². The summed E-state index contributed by atoms with van der Waals surface area (Å²) < 4.78 is 6.57.